The number of carbonyl (C=O) groups excluding carboxylic acids is 1. The predicted octanol–water partition coefficient (Wildman–Crippen LogP) is 3.87. The molecule has 140 valence electrons. The molecule has 2 heterocycles. The first-order chi connectivity index (χ1) is 12.8. The van der Waals surface area contributed by atoms with E-state index in [1.54, 1.807) is 12.1 Å². The van der Waals surface area contributed by atoms with Gasteiger partial charge < -0.3 is 0 Å². The number of amides is 1. The molecule has 0 radical (unpaired) electrons. The van der Waals surface area contributed by atoms with Gasteiger partial charge in [0.05, 0.1) is 16.5 Å². The summed E-state index contributed by atoms with van der Waals surface area (Å²) in [5, 5.41) is 2.55. The van der Waals surface area contributed by atoms with Gasteiger partial charge >= 0.3 is 0 Å². The quantitative estimate of drug-likeness (QED) is 0.670. The highest BCUT2D eigenvalue weighted by atomic mass is 35.5. The van der Waals surface area contributed by atoms with E-state index in [-0.39, 0.29) is 31.5 Å². The first-order valence-corrected chi connectivity index (χ1v) is 10.5. The van der Waals surface area contributed by atoms with E-state index in [0.717, 1.165) is 17.4 Å². The van der Waals surface area contributed by atoms with Crippen LogP contribution in [0.15, 0.2) is 46.8 Å². The second kappa shape index (κ2) is 7.71. The van der Waals surface area contributed by atoms with Gasteiger partial charge in [0.25, 0.3) is 5.91 Å². The molecule has 0 unspecified atom stereocenters. The van der Waals surface area contributed by atoms with Crippen LogP contribution in [-0.4, -0.2) is 24.3 Å². The summed E-state index contributed by atoms with van der Waals surface area (Å²) in [4.78, 5) is 20.2. The number of benzene rings is 1. The maximum atomic E-state index is 13.2. The van der Waals surface area contributed by atoms with Crippen LogP contribution in [0.5, 0.6) is 0 Å². The number of halogens is 2. The lowest BCUT2D eigenvalue weighted by Crippen LogP contribution is -2.13. The highest BCUT2D eigenvalue weighted by Crippen LogP contribution is 2.30. The van der Waals surface area contributed by atoms with E-state index in [1.807, 2.05) is 0 Å². The summed E-state index contributed by atoms with van der Waals surface area (Å²) in [6.45, 7) is 1.54. The van der Waals surface area contributed by atoms with Crippen LogP contribution >= 0.6 is 22.9 Å². The average Bonchev–Trinajstić information content (AvgIpc) is 3.00. The maximum Gasteiger partial charge on any atom is 0.276 e. The second-order valence-corrected chi connectivity index (χ2v) is 9.16. The van der Waals surface area contributed by atoms with Crippen molar-refractivity contribution in [2.24, 2.45) is 0 Å². The summed E-state index contributed by atoms with van der Waals surface area (Å²) in [5.74, 6) is -1.46. The van der Waals surface area contributed by atoms with E-state index in [9.17, 15) is 17.6 Å². The van der Waals surface area contributed by atoms with Crippen molar-refractivity contribution in [3.63, 3.8) is 0 Å². The largest absolute Gasteiger partial charge is 0.296 e. The van der Waals surface area contributed by atoms with Crippen molar-refractivity contribution < 1.29 is 17.6 Å². The average molecular weight is 426 g/mol. The fourth-order valence-electron chi connectivity index (χ4n) is 2.30. The number of hydrogen-bond acceptors (Lipinski definition) is 6. The van der Waals surface area contributed by atoms with Crippen LogP contribution in [0, 0.1) is 12.7 Å². The Kier molecular flexibility index (Phi) is 5.54. The minimum atomic E-state index is -3.75. The third-order valence-corrected chi connectivity index (χ3v) is 7.24. The summed E-state index contributed by atoms with van der Waals surface area (Å²) in [7, 11) is -3.75. The number of anilines is 1. The van der Waals surface area contributed by atoms with Gasteiger partial charge in [-0.15, -0.1) is 0 Å². The fourth-order valence-corrected chi connectivity index (χ4v) is 5.36. The van der Waals surface area contributed by atoms with Gasteiger partial charge in [-0.2, -0.15) is 0 Å². The van der Waals surface area contributed by atoms with E-state index in [2.05, 4.69) is 15.3 Å². The van der Waals surface area contributed by atoms with Crippen LogP contribution in [0.25, 0.3) is 0 Å². The molecule has 2 aromatic heterocycles. The summed E-state index contributed by atoms with van der Waals surface area (Å²) < 4.78 is 38.7. The van der Waals surface area contributed by atoms with E-state index in [1.165, 1.54) is 31.3 Å². The lowest BCUT2D eigenvalue weighted by atomic mass is 10.2. The third-order valence-electron chi connectivity index (χ3n) is 3.50. The first-order valence-electron chi connectivity index (χ1n) is 7.63. The van der Waals surface area contributed by atoms with Crippen molar-refractivity contribution >= 4 is 43.8 Å². The Morgan fingerprint density at radius 3 is 2.74 bits per heavy atom. The molecule has 1 N–H and O–H groups in total. The number of nitrogens with zero attached hydrogens (tertiary/aromatic N) is 2. The molecule has 6 nitrogen and oxygen atoms in total. The van der Waals surface area contributed by atoms with Gasteiger partial charge in [-0.1, -0.05) is 35.1 Å². The zero-order valence-corrected chi connectivity index (χ0v) is 16.3. The summed E-state index contributed by atoms with van der Waals surface area (Å²) in [5.41, 5.74) is 0.813. The van der Waals surface area contributed by atoms with Crippen LogP contribution in [-0.2, 0) is 15.6 Å². The van der Waals surface area contributed by atoms with Crippen molar-refractivity contribution in [2.75, 3.05) is 5.32 Å². The van der Waals surface area contributed by atoms with Crippen molar-refractivity contribution in [3.05, 3.63) is 70.4 Å². The van der Waals surface area contributed by atoms with Crippen molar-refractivity contribution in [2.45, 2.75) is 16.9 Å². The van der Waals surface area contributed by atoms with Gasteiger partial charge in [-0.05, 0) is 36.8 Å². The number of rotatable bonds is 5. The lowest BCUT2D eigenvalue weighted by molar-refractivity contribution is 0.102. The Morgan fingerprint density at radius 1 is 1.30 bits per heavy atom. The van der Waals surface area contributed by atoms with E-state index >= 15 is 0 Å². The predicted molar refractivity (Wildman–Crippen MR) is 101 cm³/mol. The topological polar surface area (TPSA) is 89.0 Å². The number of hydrogen-bond donors (Lipinski definition) is 1. The lowest BCUT2D eigenvalue weighted by Gasteiger charge is -2.04. The zero-order chi connectivity index (χ0) is 19.6. The Balaban J connectivity index is 1.82. The fraction of sp³-hybridized carbons (Fsp3) is 0.118. The standard InChI is InChI=1S/C17H13ClFN3O3S2/c1-10-16(27(24,25)9-11-5-6-13(19)12(18)8-11)26-17(21-10)22-15(23)14-4-2-3-7-20-14/h2-8H,9H2,1H3,(H,21,22,23). The molecule has 0 aliphatic heterocycles. The molecular formula is C17H13ClFN3O3S2. The number of sulfone groups is 1. The van der Waals surface area contributed by atoms with E-state index < -0.39 is 21.6 Å². The number of carbonyl (C=O) groups is 1. The SMILES string of the molecule is Cc1nc(NC(=O)c2ccccn2)sc1S(=O)(=O)Cc1ccc(F)c(Cl)c1. The van der Waals surface area contributed by atoms with Crippen LogP contribution in [0.2, 0.25) is 5.02 Å². The molecule has 1 aromatic carbocycles. The van der Waals surface area contributed by atoms with Gasteiger partial charge in [-0.3, -0.25) is 15.1 Å². The van der Waals surface area contributed by atoms with Crippen LogP contribution < -0.4 is 5.32 Å². The molecule has 3 rings (SSSR count). The number of nitrogens with one attached hydrogen (secondary N) is 1. The molecule has 0 spiro atoms. The van der Waals surface area contributed by atoms with Crippen molar-refractivity contribution in [3.8, 4) is 0 Å². The van der Waals surface area contributed by atoms with Gasteiger partial charge in [0, 0.05) is 6.20 Å². The summed E-state index contributed by atoms with van der Waals surface area (Å²) in [6, 6.07) is 8.62. The number of thiazole rings is 1. The van der Waals surface area contributed by atoms with Gasteiger partial charge in [0.1, 0.15) is 15.7 Å². The number of aromatic nitrogens is 2. The Bertz CT molecular complexity index is 1100. The Morgan fingerprint density at radius 2 is 2.07 bits per heavy atom. The van der Waals surface area contributed by atoms with Crippen molar-refractivity contribution in [1.29, 1.82) is 0 Å². The molecule has 0 saturated heterocycles. The first kappa shape index (κ1) is 19.4. The molecule has 0 saturated carbocycles. The molecule has 27 heavy (non-hydrogen) atoms. The van der Waals surface area contributed by atoms with Crippen LogP contribution in [0.1, 0.15) is 21.7 Å². The molecule has 3 aromatic rings. The molecular weight excluding hydrogens is 413 g/mol. The molecule has 0 fully saturated rings. The summed E-state index contributed by atoms with van der Waals surface area (Å²) in [6.07, 6.45) is 1.48. The smallest absolute Gasteiger partial charge is 0.276 e. The highest BCUT2D eigenvalue weighted by Gasteiger charge is 2.24. The van der Waals surface area contributed by atoms with Gasteiger partial charge in [-0.25, -0.2) is 17.8 Å². The molecule has 1 amide bonds. The number of pyridine rings is 1. The molecule has 0 bridgehead atoms. The van der Waals surface area contributed by atoms with Crippen LogP contribution in [0.3, 0.4) is 0 Å². The maximum absolute atomic E-state index is 13.2. The van der Waals surface area contributed by atoms with Gasteiger partial charge in [0.15, 0.2) is 15.0 Å². The van der Waals surface area contributed by atoms with Gasteiger partial charge in [0.2, 0.25) is 0 Å². The van der Waals surface area contributed by atoms with Crippen LogP contribution in [0.4, 0.5) is 9.52 Å². The second-order valence-electron chi connectivity index (χ2n) is 5.57. The van der Waals surface area contributed by atoms with E-state index in [0.29, 0.717) is 5.56 Å². The molecule has 0 aliphatic carbocycles. The zero-order valence-electron chi connectivity index (χ0n) is 13.9. The minimum Gasteiger partial charge on any atom is -0.296 e. The highest BCUT2D eigenvalue weighted by molar-refractivity contribution is 7.92. The summed E-state index contributed by atoms with van der Waals surface area (Å²) >= 11 is 6.56. The molecule has 0 atom stereocenters. The third kappa shape index (κ3) is 4.49. The Labute approximate surface area is 164 Å². The monoisotopic (exact) mass is 425 g/mol. The Hall–Kier alpha value is -2.36. The minimum absolute atomic E-state index is 0.0271. The molecule has 0 aliphatic rings. The normalized spacial score (nSPS) is 11.4. The molecule has 10 heteroatoms. The van der Waals surface area contributed by atoms with E-state index in [4.69, 9.17) is 11.6 Å². The number of aryl methyl sites for hydroxylation is 1. The van der Waals surface area contributed by atoms with Crippen molar-refractivity contribution in [1.82, 2.24) is 9.97 Å².